The Hall–Kier alpha value is -3.17. The van der Waals surface area contributed by atoms with Crippen molar-refractivity contribution in [1.82, 2.24) is 14.5 Å². The van der Waals surface area contributed by atoms with Crippen LogP contribution in [0.1, 0.15) is 38.4 Å². The Morgan fingerprint density at radius 3 is 2.67 bits per heavy atom. The fourth-order valence-corrected chi connectivity index (χ4v) is 5.85. The van der Waals surface area contributed by atoms with Gasteiger partial charge in [-0.15, -0.1) is 0 Å². The number of rotatable bonds is 6. The highest BCUT2D eigenvalue weighted by atomic mass is 28.3. The first-order valence-corrected chi connectivity index (χ1v) is 17.3. The molecule has 2 aliphatic heterocycles. The number of hydrogen-bond acceptors (Lipinski definition) is 5. The van der Waals surface area contributed by atoms with Gasteiger partial charge >= 0.3 is 6.09 Å². The summed E-state index contributed by atoms with van der Waals surface area (Å²) in [5, 5.41) is 0.959. The maximum Gasteiger partial charge on any atom is 0.410 e. The summed E-state index contributed by atoms with van der Waals surface area (Å²) in [6, 6.07) is 7.64. The van der Waals surface area contributed by atoms with E-state index in [-0.39, 0.29) is 11.9 Å². The van der Waals surface area contributed by atoms with Crippen molar-refractivity contribution in [1.29, 1.82) is 0 Å². The Morgan fingerprint density at radius 2 is 1.97 bits per heavy atom. The van der Waals surface area contributed by atoms with Gasteiger partial charge in [0.1, 0.15) is 36.2 Å². The van der Waals surface area contributed by atoms with Crippen molar-refractivity contribution in [3.63, 3.8) is 0 Å². The lowest BCUT2D eigenvalue weighted by Crippen LogP contribution is -2.39. The largest absolute Gasteiger partial charge is 0.488 e. The molecule has 1 amide bonds. The molecule has 0 atom stereocenters. The molecular weight excluding hydrogens is 513 g/mol. The topological polar surface area (TPSA) is 65.8 Å². The van der Waals surface area contributed by atoms with Gasteiger partial charge < -0.3 is 23.7 Å². The molecule has 0 N–H and O–H groups in total. The molecule has 0 bridgehead atoms. The van der Waals surface area contributed by atoms with Crippen LogP contribution in [0.4, 0.5) is 9.18 Å². The number of amides is 1. The average Bonchev–Trinajstić information content (AvgIpc) is 3.08. The highest BCUT2D eigenvalue weighted by Gasteiger charge is 2.30. The molecule has 208 valence electrons. The lowest BCUT2D eigenvalue weighted by Gasteiger charge is -2.30. The maximum absolute atomic E-state index is 14.3. The van der Waals surface area contributed by atoms with Crippen LogP contribution in [0.2, 0.25) is 25.7 Å². The van der Waals surface area contributed by atoms with Gasteiger partial charge in [-0.2, -0.15) is 0 Å². The van der Waals surface area contributed by atoms with Gasteiger partial charge in [0.25, 0.3) is 0 Å². The van der Waals surface area contributed by atoms with Gasteiger partial charge in [-0.05, 0) is 68.6 Å². The number of pyridine rings is 1. The SMILES string of the molecule is CC(C)(C)OC(=O)N1CC=C(c2c3c4c(ccnc4n2COCC[Si](C)(C)C)-c2cc(F)ccc2OC3)CC1. The predicted octanol–water partition coefficient (Wildman–Crippen LogP) is 7.07. The Morgan fingerprint density at radius 1 is 1.18 bits per heavy atom. The van der Waals surface area contributed by atoms with Crippen molar-refractivity contribution in [2.24, 2.45) is 0 Å². The minimum Gasteiger partial charge on any atom is -0.488 e. The first-order chi connectivity index (χ1) is 18.4. The normalized spacial score (nSPS) is 15.5. The molecule has 4 heterocycles. The molecule has 0 saturated carbocycles. The second kappa shape index (κ2) is 10.4. The summed E-state index contributed by atoms with van der Waals surface area (Å²) in [7, 11) is -1.25. The van der Waals surface area contributed by atoms with Gasteiger partial charge in [-0.1, -0.05) is 25.7 Å². The van der Waals surface area contributed by atoms with E-state index in [1.165, 1.54) is 12.1 Å². The zero-order chi connectivity index (χ0) is 27.9. The number of nitrogens with zero attached hydrogens (tertiary/aromatic N) is 3. The Kier molecular flexibility index (Phi) is 7.32. The second-order valence-corrected chi connectivity index (χ2v) is 18.1. The van der Waals surface area contributed by atoms with Gasteiger partial charge in [0.05, 0.1) is 5.69 Å². The van der Waals surface area contributed by atoms with E-state index in [1.807, 2.05) is 26.8 Å². The first kappa shape index (κ1) is 27.4. The summed E-state index contributed by atoms with van der Waals surface area (Å²) in [5.41, 5.74) is 5.00. The molecule has 3 aromatic rings. The van der Waals surface area contributed by atoms with Gasteiger partial charge in [0, 0.05) is 50.5 Å². The zero-order valence-electron chi connectivity index (χ0n) is 23.8. The molecule has 2 aromatic heterocycles. The van der Waals surface area contributed by atoms with Crippen LogP contribution < -0.4 is 4.74 Å². The Bertz CT molecular complexity index is 1430. The molecule has 5 rings (SSSR count). The van der Waals surface area contributed by atoms with Crippen molar-refractivity contribution in [3.8, 4) is 16.9 Å². The molecule has 0 fully saturated rings. The Labute approximate surface area is 230 Å². The van der Waals surface area contributed by atoms with Gasteiger partial charge in [-0.25, -0.2) is 14.2 Å². The first-order valence-electron chi connectivity index (χ1n) is 13.6. The third-order valence-electron chi connectivity index (χ3n) is 7.03. The monoisotopic (exact) mass is 551 g/mol. The molecule has 1 aromatic carbocycles. The van der Waals surface area contributed by atoms with Crippen molar-refractivity contribution in [2.45, 2.75) is 71.8 Å². The summed E-state index contributed by atoms with van der Waals surface area (Å²) in [5.74, 6) is 0.343. The number of ether oxygens (including phenoxy) is 3. The van der Waals surface area contributed by atoms with Crippen LogP contribution in [0.5, 0.6) is 5.75 Å². The van der Waals surface area contributed by atoms with Crippen molar-refractivity contribution in [3.05, 3.63) is 53.6 Å². The highest BCUT2D eigenvalue weighted by Crippen LogP contribution is 2.44. The number of aromatic nitrogens is 2. The number of carbonyl (C=O) groups excluding carboxylic acids is 1. The summed E-state index contributed by atoms with van der Waals surface area (Å²) in [6.45, 7) is 15.0. The molecule has 0 unspecified atom stereocenters. The molecule has 0 spiro atoms. The van der Waals surface area contributed by atoms with E-state index in [4.69, 9.17) is 19.2 Å². The predicted molar refractivity (Wildman–Crippen MR) is 154 cm³/mol. The van der Waals surface area contributed by atoms with E-state index in [1.54, 1.807) is 17.2 Å². The van der Waals surface area contributed by atoms with E-state index < -0.39 is 13.7 Å². The highest BCUT2D eigenvalue weighted by molar-refractivity contribution is 6.76. The van der Waals surface area contributed by atoms with Crippen molar-refractivity contribution in [2.75, 3.05) is 19.7 Å². The maximum atomic E-state index is 14.3. The molecule has 9 heteroatoms. The number of benzene rings is 1. The smallest absolute Gasteiger partial charge is 0.410 e. The fraction of sp³-hybridized carbons (Fsp3) is 0.467. The molecule has 0 radical (unpaired) electrons. The minimum atomic E-state index is -1.25. The molecule has 39 heavy (non-hydrogen) atoms. The van der Waals surface area contributed by atoms with Crippen molar-refractivity contribution < 1.29 is 23.4 Å². The zero-order valence-corrected chi connectivity index (χ0v) is 24.8. The third-order valence-corrected chi connectivity index (χ3v) is 8.73. The van der Waals surface area contributed by atoms with E-state index in [2.05, 4.69) is 30.3 Å². The van der Waals surface area contributed by atoms with Gasteiger partial charge in [0.15, 0.2) is 0 Å². The summed E-state index contributed by atoms with van der Waals surface area (Å²) in [6.07, 6.45) is 4.21. The number of carbonyl (C=O) groups is 1. The van der Waals surface area contributed by atoms with Crippen molar-refractivity contribution >= 4 is 30.8 Å². The molecule has 2 aliphatic rings. The fourth-order valence-electron chi connectivity index (χ4n) is 5.10. The lowest BCUT2D eigenvalue weighted by molar-refractivity contribution is 0.0270. The minimum absolute atomic E-state index is 0.308. The van der Waals surface area contributed by atoms with Crippen LogP contribution in [0, 0.1) is 5.82 Å². The molecule has 7 nitrogen and oxygen atoms in total. The van der Waals surface area contributed by atoms with E-state index in [9.17, 15) is 9.18 Å². The van der Waals surface area contributed by atoms with E-state index >= 15 is 0 Å². The van der Waals surface area contributed by atoms with Crippen LogP contribution >= 0.6 is 0 Å². The quantitative estimate of drug-likeness (QED) is 0.242. The summed E-state index contributed by atoms with van der Waals surface area (Å²) in [4.78, 5) is 19.2. The number of fused-ring (bicyclic) bond motifs is 2. The number of hydrogen-bond donors (Lipinski definition) is 0. The third kappa shape index (κ3) is 5.89. The van der Waals surface area contributed by atoms with Crippen LogP contribution in [-0.2, 0) is 22.8 Å². The second-order valence-electron chi connectivity index (χ2n) is 12.5. The molecular formula is C30H38FN3O4Si. The van der Waals surface area contributed by atoms with E-state index in [0.717, 1.165) is 45.0 Å². The Balaban J connectivity index is 1.56. The van der Waals surface area contributed by atoms with E-state index in [0.29, 0.717) is 45.2 Å². The van der Waals surface area contributed by atoms with Gasteiger partial charge in [0.2, 0.25) is 0 Å². The van der Waals surface area contributed by atoms with Gasteiger partial charge in [-0.3, -0.25) is 0 Å². The summed E-state index contributed by atoms with van der Waals surface area (Å²) < 4.78 is 34.5. The lowest BCUT2D eigenvalue weighted by atomic mass is 9.97. The molecule has 0 saturated heterocycles. The average molecular weight is 552 g/mol. The van der Waals surface area contributed by atoms with Crippen LogP contribution in [0.25, 0.3) is 27.7 Å². The van der Waals surface area contributed by atoms with Crippen LogP contribution in [0.3, 0.4) is 0 Å². The van der Waals surface area contributed by atoms with Crippen LogP contribution in [-0.4, -0.2) is 53.9 Å². The summed E-state index contributed by atoms with van der Waals surface area (Å²) >= 11 is 0. The number of halogens is 1. The standard InChI is InChI=1S/C30H38FN3O4Si/c1-30(2,3)38-29(35)33-13-10-20(11-14-33)27-24-18-37-25-8-7-21(31)17-23(25)22-9-12-32-28(26(22)24)34(27)19-36-15-16-39(4,5)6/h7-10,12,17H,11,13-16,18-19H2,1-6H3. The van der Waals surface area contributed by atoms with Crippen LogP contribution in [0.15, 0.2) is 36.5 Å². The molecule has 0 aliphatic carbocycles.